The molecule has 1 unspecified atom stereocenters. The molecule has 1 aliphatic carbocycles. The number of hydrogen-bond acceptors (Lipinski definition) is 4. The zero-order valence-electron chi connectivity index (χ0n) is 14.0. The number of carbonyl (C=O) groups excluding carboxylic acids is 2. The van der Waals surface area contributed by atoms with Gasteiger partial charge >= 0.3 is 6.03 Å². The van der Waals surface area contributed by atoms with Gasteiger partial charge in [-0.25, -0.2) is 18.5 Å². The van der Waals surface area contributed by atoms with Crippen molar-refractivity contribution in [3.63, 3.8) is 0 Å². The summed E-state index contributed by atoms with van der Waals surface area (Å²) in [6, 6.07) is 2.79. The van der Waals surface area contributed by atoms with E-state index in [1.54, 1.807) is 18.3 Å². The number of pyridine rings is 1. The SMILES string of the molecule is CCCC(Oc1cccnc1)N1C(=O)NC2(CCC(F)(F)CC2)C1=O. The van der Waals surface area contributed by atoms with Gasteiger partial charge in [-0.1, -0.05) is 13.3 Å². The summed E-state index contributed by atoms with van der Waals surface area (Å²) in [4.78, 5) is 30.3. The quantitative estimate of drug-likeness (QED) is 0.826. The van der Waals surface area contributed by atoms with Crippen LogP contribution in [-0.2, 0) is 4.79 Å². The van der Waals surface area contributed by atoms with Gasteiger partial charge in [-0.2, -0.15) is 0 Å². The zero-order chi connectivity index (χ0) is 18.1. The lowest BCUT2D eigenvalue weighted by atomic mass is 9.80. The molecule has 6 nitrogen and oxygen atoms in total. The van der Waals surface area contributed by atoms with E-state index in [2.05, 4.69) is 10.3 Å². The van der Waals surface area contributed by atoms with Crippen molar-refractivity contribution in [2.24, 2.45) is 0 Å². The van der Waals surface area contributed by atoms with Crippen LogP contribution in [0.5, 0.6) is 5.75 Å². The normalized spacial score (nSPS) is 22.8. The van der Waals surface area contributed by atoms with Crippen molar-refractivity contribution in [2.75, 3.05) is 0 Å². The highest BCUT2D eigenvalue weighted by atomic mass is 19.3. The van der Waals surface area contributed by atoms with Crippen molar-refractivity contribution < 1.29 is 23.1 Å². The molecule has 25 heavy (non-hydrogen) atoms. The number of imide groups is 1. The van der Waals surface area contributed by atoms with E-state index in [0.717, 1.165) is 4.90 Å². The molecule has 1 N–H and O–H groups in total. The number of nitrogens with one attached hydrogen (secondary N) is 1. The van der Waals surface area contributed by atoms with Crippen LogP contribution in [-0.4, -0.2) is 39.5 Å². The lowest BCUT2D eigenvalue weighted by Gasteiger charge is -2.35. The summed E-state index contributed by atoms with van der Waals surface area (Å²) >= 11 is 0. The van der Waals surface area contributed by atoms with Gasteiger partial charge in [0.1, 0.15) is 11.3 Å². The van der Waals surface area contributed by atoms with Gasteiger partial charge in [0.05, 0.1) is 6.20 Å². The summed E-state index contributed by atoms with van der Waals surface area (Å²) < 4.78 is 32.7. The molecule has 0 aromatic carbocycles. The number of amides is 3. The third kappa shape index (κ3) is 3.43. The fourth-order valence-electron chi connectivity index (χ4n) is 3.35. The average Bonchev–Trinajstić information content (AvgIpc) is 2.82. The fourth-order valence-corrected chi connectivity index (χ4v) is 3.35. The first-order valence-corrected chi connectivity index (χ1v) is 8.47. The second-order valence-corrected chi connectivity index (χ2v) is 6.59. The van der Waals surface area contributed by atoms with Gasteiger partial charge in [-0.3, -0.25) is 9.78 Å². The van der Waals surface area contributed by atoms with Gasteiger partial charge in [-0.05, 0) is 25.0 Å². The Labute approximate surface area is 144 Å². The summed E-state index contributed by atoms with van der Waals surface area (Å²) in [6.07, 6.45) is 2.49. The summed E-state index contributed by atoms with van der Waals surface area (Å²) in [5.41, 5.74) is -1.23. The third-order valence-corrected chi connectivity index (χ3v) is 4.76. The summed E-state index contributed by atoms with van der Waals surface area (Å²) in [5, 5.41) is 2.64. The average molecular weight is 353 g/mol. The topological polar surface area (TPSA) is 71.5 Å². The maximum atomic E-state index is 13.5. The number of aromatic nitrogens is 1. The van der Waals surface area contributed by atoms with E-state index in [4.69, 9.17) is 4.74 Å². The van der Waals surface area contributed by atoms with Crippen molar-refractivity contribution in [2.45, 2.75) is 63.1 Å². The second kappa shape index (κ2) is 6.57. The predicted molar refractivity (Wildman–Crippen MR) is 85.1 cm³/mol. The zero-order valence-corrected chi connectivity index (χ0v) is 14.0. The van der Waals surface area contributed by atoms with E-state index in [9.17, 15) is 18.4 Å². The number of halogens is 2. The molecule has 3 rings (SSSR count). The van der Waals surface area contributed by atoms with Crippen LogP contribution in [0, 0.1) is 0 Å². The Morgan fingerprint density at radius 2 is 2.04 bits per heavy atom. The highest BCUT2D eigenvalue weighted by molar-refractivity contribution is 6.07. The van der Waals surface area contributed by atoms with E-state index >= 15 is 0 Å². The molecule has 1 aliphatic heterocycles. The number of rotatable bonds is 5. The Kier molecular flexibility index (Phi) is 4.62. The molecule has 1 spiro atoms. The van der Waals surface area contributed by atoms with Crippen molar-refractivity contribution in [3.8, 4) is 5.75 Å². The number of hydrogen-bond donors (Lipinski definition) is 1. The van der Waals surface area contributed by atoms with Gasteiger partial charge in [-0.15, -0.1) is 0 Å². The minimum absolute atomic E-state index is 0.0627. The molecule has 2 fully saturated rings. The standard InChI is InChI=1S/C17H21F2N3O3/c1-2-4-13(25-12-5-3-10-20-11-12)22-14(23)16(21-15(22)24)6-8-17(18,19)9-7-16/h3,5,10-11,13H,2,4,6-9H2,1H3,(H,21,24). The van der Waals surface area contributed by atoms with Crippen LogP contribution < -0.4 is 10.1 Å². The number of carbonyl (C=O) groups is 2. The highest BCUT2D eigenvalue weighted by Crippen LogP contribution is 2.42. The minimum Gasteiger partial charge on any atom is -0.468 e. The van der Waals surface area contributed by atoms with E-state index in [0.29, 0.717) is 18.6 Å². The van der Waals surface area contributed by atoms with Crippen LogP contribution in [0.25, 0.3) is 0 Å². The van der Waals surface area contributed by atoms with Crippen molar-refractivity contribution in [3.05, 3.63) is 24.5 Å². The first-order valence-electron chi connectivity index (χ1n) is 8.47. The molecule has 1 aromatic heterocycles. The monoisotopic (exact) mass is 353 g/mol. The van der Waals surface area contributed by atoms with Gasteiger partial charge in [0.15, 0.2) is 6.23 Å². The molecule has 0 radical (unpaired) electrons. The third-order valence-electron chi connectivity index (χ3n) is 4.76. The van der Waals surface area contributed by atoms with Crippen LogP contribution in [0.15, 0.2) is 24.5 Å². The Hall–Kier alpha value is -2.25. The molecular weight excluding hydrogens is 332 g/mol. The van der Waals surface area contributed by atoms with Crippen molar-refractivity contribution >= 4 is 11.9 Å². The molecule has 136 valence electrons. The van der Waals surface area contributed by atoms with E-state index in [1.807, 2.05) is 6.92 Å². The number of urea groups is 1. The molecule has 1 saturated heterocycles. The number of nitrogens with zero attached hydrogens (tertiary/aromatic N) is 2. The first kappa shape index (κ1) is 17.6. The minimum atomic E-state index is -2.78. The highest BCUT2D eigenvalue weighted by Gasteiger charge is 2.57. The molecule has 1 saturated carbocycles. The largest absolute Gasteiger partial charge is 0.468 e. The van der Waals surface area contributed by atoms with Crippen LogP contribution in [0.1, 0.15) is 45.4 Å². The van der Waals surface area contributed by atoms with Crippen LogP contribution in [0.2, 0.25) is 0 Å². The first-order chi connectivity index (χ1) is 11.9. The summed E-state index contributed by atoms with van der Waals surface area (Å²) in [6.45, 7) is 1.91. The van der Waals surface area contributed by atoms with Crippen molar-refractivity contribution in [1.82, 2.24) is 15.2 Å². The summed E-state index contributed by atoms with van der Waals surface area (Å²) in [5.74, 6) is -2.81. The van der Waals surface area contributed by atoms with E-state index in [-0.39, 0.29) is 12.8 Å². The Bertz CT molecular complexity index is 644. The van der Waals surface area contributed by atoms with Crippen LogP contribution >= 0.6 is 0 Å². The fraction of sp³-hybridized carbons (Fsp3) is 0.588. The lowest BCUT2D eigenvalue weighted by Crippen LogP contribution is -2.52. The summed E-state index contributed by atoms with van der Waals surface area (Å²) in [7, 11) is 0. The molecule has 1 atom stereocenters. The second-order valence-electron chi connectivity index (χ2n) is 6.59. The van der Waals surface area contributed by atoms with E-state index in [1.165, 1.54) is 6.20 Å². The molecular formula is C17H21F2N3O3. The van der Waals surface area contributed by atoms with Crippen LogP contribution in [0.3, 0.4) is 0 Å². The Morgan fingerprint density at radius 1 is 1.32 bits per heavy atom. The molecule has 8 heteroatoms. The molecule has 0 bridgehead atoms. The molecule has 2 heterocycles. The maximum Gasteiger partial charge on any atom is 0.328 e. The Balaban J connectivity index is 1.80. The lowest BCUT2D eigenvalue weighted by molar-refractivity contribution is -0.141. The number of alkyl halides is 2. The van der Waals surface area contributed by atoms with Crippen LogP contribution in [0.4, 0.5) is 13.6 Å². The Morgan fingerprint density at radius 3 is 2.64 bits per heavy atom. The molecule has 3 amide bonds. The maximum absolute atomic E-state index is 13.5. The van der Waals surface area contributed by atoms with Gasteiger partial charge in [0.25, 0.3) is 5.91 Å². The van der Waals surface area contributed by atoms with Gasteiger partial charge < -0.3 is 10.1 Å². The van der Waals surface area contributed by atoms with Crippen molar-refractivity contribution in [1.29, 1.82) is 0 Å². The molecule has 1 aromatic rings. The number of ether oxygens (including phenoxy) is 1. The molecule has 2 aliphatic rings. The van der Waals surface area contributed by atoms with E-state index < -0.39 is 42.5 Å². The smallest absolute Gasteiger partial charge is 0.328 e. The van der Waals surface area contributed by atoms with Gasteiger partial charge in [0.2, 0.25) is 5.92 Å². The predicted octanol–water partition coefficient (Wildman–Crippen LogP) is 3.09. The van der Waals surface area contributed by atoms with Gasteiger partial charge in [0, 0.05) is 25.5 Å².